The summed E-state index contributed by atoms with van der Waals surface area (Å²) in [5, 5.41) is 6.08. The minimum Gasteiger partial charge on any atom is -0.462 e. The van der Waals surface area contributed by atoms with Gasteiger partial charge in [0.25, 0.3) is 0 Å². The fourth-order valence-electron chi connectivity index (χ4n) is 2.54. The Hall–Kier alpha value is -2.82. The summed E-state index contributed by atoms with van der Waals surface area (Å²) in [6.07, 6.45) is 0.348. The molecule has 2 rings (SSSR count). The molecule has 0 fully saturated rings. The molecule has 0 unspecified atom stereocenters. The van der Waals surface area contributed by atoms with E-state index in [-0.39, 0.29) is 17.3 Å². The first kappa shape index (κ1) is 20.5. The predicted molar refractivity (Wildman–Crippen MR) is 109 cm³/mol. The van der Waals surface area contributed by atoms with Gasteiger partial charge in [0, 0.05) is 24.3 Å². The standard InChI is InChI=1S/C22H28N2O3/c1-5-27-21(26)16-6-10-18(11-7-16)23-15-14-20(25)24-19-12-8-17(9-13-19)22(2,3)4/h6-13,23H,5,14-15H2,1-4H3,(H,24,25). The second kappa shape index (κ2) is 9.21. The van der Waals surface area contributed by atoms with E-state index in [1.54, 1.807) is 31.2 Å². The fraction of sp³-hybridized carbons (Fsp3) is 0.364. The van der Waals surface area contributed by atoms with Crippen LogP contribution in [0, 0.1) is 0 Å². The van der Waals surface area contributed by atoms with Crippen LogP contribution in [0.25, 0.3) is 0 Å². The Balaban J connectivity index is 1.78. The molecule has 0 spiro atoms. The van der Waals surface area contributed by atoms with Crippen molar-refractivity contribution >= 4 is 23.3 Å². The van der Waals surface area contributed by atoms with Gasteiger partial charge in [0.1, 0.15) is 0 Å². The van der Waals surface area contributed by atoms with Crippen LogP contribution in [-0.2, 0) is 14.9 Å². The van der Waals surface area contributed by atoms with Crippen LogP contribution in [0.3, 0.4) is 0 Å². The van der Waals surface area contributed by atoms with E-state index in [1.807, 2.05) is 24.3 Å². The highest BCUT2D eigenvalue weighted by Gasteiger charge is 2.13. The van der Waals surface area contributed by atoms with Crippen LogP contribution in [0.4, 0.5) is 11.4 Å². The van der Waals surface area contributed by atoms with E-state index in [1.165, 1.54) is 5.56 Å². The summed E-state index contributed by atoms with van der Waals surface area (Å²) in [6, 6.07) is 15.0. The maximum absolute atomic E-state index is 12.1. The summed E-state index contributed by atoms with van der Waals surface area (Å²) in [6.45, 7) is 9.11. The van der Waals surface area contributed by atoms with Crippen LogP contribution in [0.15, 0.2) is 48.5 Å². The van der Waals surface area contributed by atoms with Crippen LogP contribution >= 0.6 is 0 Å². The summed E-state index contributed by atoms with van der Waals surface area (Å²) in [7, 11) is 0. The van der Waals surface area contributed by atoms with E-state index < -0.39 is 0 Å². The lowest BCUT2D eigenvalue weighted by Crippen LogP contribution is -2.16. The zero-order valence-corrected chi connectivity index (χ0v) is 16.5. The molecule has 0 radical (unpaired) electrons. The van der Waals surface area contributed by atoms with Gasteiger partial charge >= 0.3 is 5.97 Å². The summed E-state index contributed by atoms with van der Waals surface area (Å²) >= 11 is 0. The van der Waals surface area contributed by atoms with Gasteiger partial charge in [0.15, 0.2) is 0 Å². The second-order valence-electron chi connectivity index (χ2n) is 7.35. The van der Waals surface area contributed by atoms with Gasteiger partial charge in [-0.1, -0.05) is 32.9 Å². The zero-order valence-electron chi connectivity index (χ0n) is 16.5. The van der Waals surface area contributed by atoms with Crippen molar-refractivity contribution in [3.8, 4) is 0 Å². The van der Waals surface area contributed by atoms with Crippen LogP contribution in [-0.4, -0.2) is 25.0 Å². The fourth-order valence-corrected chi connectivity index (χ4v) is 2.54. The lowest BCUT2D eigenvalue weighted by Gasteiger charge is -2.19. The molecule has 2 aromatic rings. The molecule has 0 heterocycles. The molecular weight excluding hydrogens is 340 g/mol. The third-order valence-electron chi connectivity index (χ3n) is 4.11. The van der Waals surface area contributed by atoms with Crippen molar-refractivity contribution in [3.05, 3.63) is 59.7 Å². The first-order valence-electron chi connectivity index (χ1n) is 9.21. The monoisotopic (exact) mass is 368 g/mol. The Morgan fingerprint density at radius 2 is 1.52 bits per heavy atom. The topological polar surface area (TPSA) is 67.4 Å². The molecule has 2 aromatic carbocycles. The first-order valence-corrected chi connectivity index (χ1v) is 9.21. The molecular formula is C22H28N2O3. The Morgan fingerprint density at radius 1 is 0.926 bits per heavy atom. The molecule has 1 amide bonds. The number of esters is 1. The van der Waals surface area contributed by atoms with Gasteiger partial charge in [-0.15, -0.1) is 0 Å². The maximum atomic E-state index is 12.1. The lowest BCUT2D eigenvalue weighted by molar-refractivity contribution is -0.115. The number of hydrogen-bond donors (Lipinski definition) is 2. The molecule has 0 atom stereocenters. The zero-order chi connectivity index (χ0) is 19.9. The maximum Gasteiger partial charge on any atom is 0.338 e. The lowest BCUT2D eigenvalue weighted by atomic mass is 9.87. The van der Waals surface area contributed by atoms with Gasteiger partial charge in [-0.2, -0.15) is 0 Å². The number of hydrogen-bond acceptors (Lipinski definition) is 4. The average molecular weight is 368 g/mol. The van der Waals surface area contributed by atoms with Gasteiger partial charge < -0.3 is 15.4 Å². The van der Waals surface area contributed by atoms with E-state index in [0.717, 1.165) is 11.4 Å². The summed E-state index contributed by atoms with van der Waals surface area (Å²) in [5.74, 6) is -0.380. The molecule has 0 aromatic heterocycles. The number of amides is 1. The second-order valence-corrected chi connectivity index (χ2v) is 7.35. The van der Waals surface area contributed by atoms with Crippen molar-refractivity contribution in [1.82, 2.24) is 0 Å². The van der Waals surface area contributed by atoms with E-state index in [0.29, 0.717) is 25.1 Å². The minimum absolute atomic E-state index is 0.0471. The Bertz CT molecular complexity index is 760. The Labute approximate surface area is 161 Å². The number of rotatable bonds is 7. The van der Waals surface area contributed by atoms with Gasteiger partial charge in [-0.05, 0) is 54.3 Å². The van der Waals surface area contributed by atoms with Crippen LogP contribution in [0.1, 0.15) is 50.0 Å². The van der Waals surface area contributed by atoms with Crippen LogP contribution in [0.2, 0.25) is 0 Å². The number of nitrogens with one attached hydrogen (secondary N) is 2. The van der Waals surface area contributed by atoms with Gasteiger partial charge in [-0.3, -0.25) is 4.79 Å². The summed E-state index contributed by atoms with van der Waals surface area (Å²) in [5.41, 5.74) is 3.49. The number of anilines is 2. The molecule has 5 nitrogen and oxygen atoms in total. The van der Waals surface area contributed by atoms with E-state index >= 15 is 0 Å². The molecule has 5 heteroatoms. The van der Waals surface area contributed by atoms with E-state index in [4.69, 9.17) is 4.74 Å². The molecule has 0 bridgehead atoms. The largest absolute Gasteiger partial charge is 0.462 e. The summed E-state index contributed by atoms with van der Waals surface area (Å²) in [4.78, 5) is 23.7. The summed E-state index contributed by atoms with van der Waals surface area (Å²) < 4.78 is 4.95. The average Bonchev–Trinajstić information content (AvgIpc) is 2.62. The molecule has 2 N–H and O–H groups in total. The normalized spacial score (nSPS) is 11.0. The molecule has 0 aliphatic carbocycles. The SMILES string of the molecule is CCOC(=O)c1ccc(NCCC(=O)Nc2ccc(C(C)(C)C)cc2)cc1. The first-order chi connectivity index (χ1) is 12.8. The number of benzene rings is 2. The minimum atomic E-state index is -0.332. The van der Waals surface area contributed by atoms with Crippen molar-refractivity contribution < 1.29 is 14.3 Å². The molecule has 27 heavy (non-hydrogen) atoms. The molecule has 0 aliphatic rings. The van der Waals surface area contributed by atoms with Crippen LogP contribution in [0.5, 0.6) is 0 Å². The molecule has 144 valence electrons. The van der Waals surface area contributed by atoms with Crippen molar-refractivity contribution in [2.45, 2.75) is 39.5 Å². The third-order valence-corrected chi connectivity index (χ3v) is 4.11. The quantitative estimate of drug-likeness (QED) is 0.701. The van der Waals surface area contributed by atoms with Crippen molar-refractivity contribution in [3.63, 3.8) is 0 Å². The number of carbonyl (C=O) groups excluding carboxylic acids is 2. The van der Waals surface area contributed by atoms with Crippen molar-refractivity contribution in [2.24, 2.45) is 0 Å². The van der Waals surface area contributed by atoms with E-state index in [2.05, 4.69) is 31.4 Å². The highest BCUT2D eigenvalue weighted by molar-refractivity contribution is 5.91. The highest BCUT2D eigenvalue weighted by Crippen LogP contribution is 2.23. The molecule has 0 saturated carbocycles. The smallest absolute Gasteiger partial charge is 0.338 e. The van der Waals surface area contributed by atoms with Gasteiger partial charge in [0.2, 0.25) is 5.91 Å². The Kier molecular flexibility index (Phi) is 6.99. The van der Waals surface area contributed by atoms with Crippen molar-refractivity contribution in [1.29, 1.82) is 0 Å². The molecule has 0 aliphatic heterocycles. The molecule has 0 saturated heterocycles. The number of ether oxygens (including phenoxy) is 1. The van der Waals surface area contributed by atoms with Crippen molar-refractivity contribution in [2.75, 3.05) is 23.8 Å². The predicted octanol–water partition coefficient (Wildman–Crippen LogP) is 4.60. The highest BCUT2D eigenvalue weighted by atomic mass is 16.5. The Morgan fingerprint density at radius 3 is 2.07 bits per heavy atom. The van der Waals surface area contributed by atoms with E-state index in [9.17, 15) is 9.59 Å². The third kappa shape index (κ3) is 6.44. The van der Waals surface area contributed by atoms with Gasteiger partial charge in [0.05, 0.1) is 12.2 Å². The van der Waals surface area contributed by atoms with Crippen LogP contribution < -0.4 is 10.6 Å². The van der Waals surface area contributed by atoms with Gasteiger partial charge in [-0.25, -0.2) is 4.79 Å². The number of carbonyl (C=O) groups is 2.